The Labute approximate surface area is 146 Å². The molecule has 0 bridgehead atoms. The van der Waals surface area contributed by atoms with Crippen molar-refractivity contribution >= 4 is 5.91 Å². The molecule has 0 aromatic heterocycles. The van der Waals surface area contributed by atoms with Crippen LogP contribution < -0.4 is 0 Å². The van der Waals surface area contributed by atoms with E-state index in [-0.39, 0.29) is 17.4 Å². The molecule has 1 aliphatic carbocycles. The Morgan fingerprint density at radius 3 is 3.08 bits per heavy atom. The molecule has 2 heterocycles. The fourth-order valence-corrected chi connectivity index (χ4v) is 4.27. The van der Waals surface area contributed by atoms with Crippen molar-refractivity contribution in [3.8, 4) is 0 Å². The fourth-order valence-electron chi connectivity index (χ4n) is 4.27. The monoisotopic (exact) mass is 336 g/mol. The van der Waals surface area contributed by atoms with Crippen molar-refractivity contribution in [2.45, 2.75) is 44.6 Å². The van der Waals surface area contributed by atoms with E-state index >= 15 is 0 Å². The minimum absolute atomic E-state index is 0.0162. The molecule has 2 saturated heterocycles. The Hall–Kier alpha value is -0.910. The zero-order chi connectivity index (χ0) is 17.0. The molecule has 0 saturated carbocycles. The molecule has 0 N–H and O–H groups in total. The van der Waals surface area contributed by atoms with Crippen LogP contribution in [0.2, 0.25) is 0 Å². The van der Waals surface area contributed by atoms with Gasteiger partial charge in [-0.15, -0.1) is 0 Å². The van der Waals surface area contributed by atoms with Crippen LogP contribution in [0.5, 0.6) is 0 Å². The minimum atomic E-state index is -0.0162. The molecule has 0 radical (unpaired) electrons. The quantitative estimate of drug-likeness (QED) is 0.697. The van der Waals surface area contributed by atoms with E-state index in [0.29, 0.717) is 6.61 Å². The lowest BCUT2D eigenvalue weighted by atomic mass is 9.73. The lowest BCUT2D eigenvalue weighted by Crippen LogP contribution is -2.58. The van der Waals surface area contributed by atoms with Crippen LogP contribution in [-0.2, 0) is 14.3 Å². The molecule has 2 fully saturated rings. The Bertz CT molecular complexity index is 477. The second-order valence-corrected chi connectivity index (χ2v) is 7.82. The lowest BCUT2D eigenvalue weighted by Gasteiger charge is -2.50. The Morgan fingerprint density at radius 1 is 1.46 bits per heavy atom. The highest BCUT2D eigenvalue weighted by Crippen LogP contribution is 2.41. The first-order valence-corrected chi connectivity index (χ1v) is 9.43. The van der Waals surface area contributed by atoms with Crippen LogP contribution in [0, 0.1) is 5.41 Å². The van der Waals surface area contributed by atoms with Gasteiger partial charge >= 0.3 is 0 Å². The number of likely N-dealkylation sites (tertiary alicyclic amines) is 1. The van der Waals surface area contributed by atoms with Gasteiger partial charge in [-0.1, -0.05) is 6.08 Å². The summed E-state index contributed by atoms with van der Waals surface area (Å²) in [6.07, 6.45) is 8.61. The molecular weight excluding hydrogens is 304 g/mol. The van der Waals surface area contributed by atoms with E-state index in [1.807, 2.05) is 0 Å². The molecule has 3 rings (SSSR count). The number of allylic oxidation sites excluding steroid dienone is 1. The van der Waals surface area contributed by atoms with E-state index in [2.05, 4.69) is 30.0 Å². The topological polar surface area (TPSA) is 42.0 Å². The molecule has 24 heavy (non-hydrogen) atoms. The number of rotatable bonds is 6. The maximum absolute atomic E-state index is 12.8. The van der Waals surface area contributed by atoms with Crippen molar-refractivity contribution in [3.63, 3.8) is 0 Å². The van der Waals surface area contributed by atoms with Crippen molar-refractivity contribution in [2.75, 3.05) is 53.6 Å². The number of hydrogen-bond donors (Lipinski definition) is 0. The summed E-state index contributed by atoms with van der Waals surface area (Å²) in [4.78, 5) is 17.0. The SMILES string of the molecule is CN(C)CCOC[C@]12CCCO[C@@H]1CCN(C(=O)C1=CCCC1)C2. The standard InChI is InChI=1S/C19H32N2O3/c1-20(2)11-13-23-15-19-9-5-12-24-17(19)8-10-21(14-19)18(22)16-6-3-4-7-16/h6,17H,3-5,7-15H2,1-2H3/t17-,19-/m1/s1. The van der Waals surface area contributed by atoms with E-state index < -0.39 is 0 Å². The van der Waals surface area contributed by atoms with Crippen molar-refractivity contribution in [1.29, 1.82) is 0 Å². The van der Waals surface area contributed by atoms with Gasteiger partial charge in [0.25, 0.3) is 0 Å². The maximum Gasteiger partial charge on any atom is 0.249 e. The number of piperidine rings is 1. The van der Waals surface area contributed by atoms with Crippen LogP contribution in [0.3, 0.4) is 0 Å². The van der Waals surface area contributed by atoms with Crippen molar-refractivity contribution in [2.24, 2.45) is 5.41 Å². The second kappa shape index (κ2) is 7.98. The number of likely N-dealkylation sites (N-methyl/N-ethyl adjacent to an activating group) is 1. The third kappa shape index (κ3) is 4.01. The van der Waals surface area contributed by atoms with Crippen LogP contribution in [0.4, 0.5) is 0 Å². The average Bonchev–Trinajstić information content (AvgIpc) is 3.12. The molecule has 0 aromatic rings. The molecule has 0 unspecified atom stereocenters. The highest BCUT2D eigenvalue weighted by Gasteiger charge is 2.47. The van der Waals surface area contributed by atoms with E-state index in [0.717, 1.165) is 76.9 Å². The Kier molecular flexibility index (Phi) is 5.95. The molecule has 2 aliphatic heterocycles. The van der Waals surface area contributed by atoms with E-state index in [1.54, 1.807) is 0 Å². The molecule has 2 atom stereocenters. The number of hydrogen-bond acceptors (Lipinski definition) is 4. The first-order chi connectivity index (χ1) is 11.6. The van der Waals surface area contributed by atoms with Crippen LogP contribution in [0.15, 0.2) is 11.6 Å². The molecular formula is C19H32N2O3. The van der Waals surface area contributed by atoms with Crippen molar-refractivity contribution < 1.29 is 14.3 Å². The normalized spacial score (nSPS) is 30.4. The van der Waals surface area contributed by atoms with Gasteiger partial charge in [-0.05, 0) is 52.6 Å². The van der Waals surface area contributed by atoms with Crippen LogP contribution >= 0.6 is 0 Å². The van der Waals surface area contributed by atoms with Gasteiger partial charge in [-0.3, -0.25) is 4.79 Å². The third-order valence-electron chi connectivity index (χ3n) is 5.66. The number of fused-ring (bicyclic) bond motifs is 1. The predicted octanol–water partition coefficient (Wildman–Crippen LogP) is 2.07. The predicted molar refractivity (Wildman–Crippen MR) is 93.9 cm³/mol. The number of nitrogens with zero attached hydrogens (tertiary/aromatic N) is 2. The number of carbonyl (C=O) groups is 1. The average molecular weight is 336 g/mol. The first-order valence-electron chi connectivity index (χ1n) is 9.43. The first kappa shape index (κ1) is 17.9. The zero-order valence-electron chi connectivity index (χ0n) is 15.3. The molecule has 1 amide bonds. The summed E-state index contributed by atoms with van der Waals surface area (Å²) in [5.41, 5.74) is 1.01. The fraction of sp³-hybridized carbons (Fsp3) is 0.842. The van der Waals surface area contributed by atoms with Crippen LogP contribution in [0.1, 0.15) is 38.5 Å². The smallest absolute Gasteiger partial charge is 0.249 e. The van der Waals surface area contributed by atoms with Crippen molar-refractivity contribution in [3.05, 3.63) is 11.6 Å². The molecule has 136 valence electrons. The number of amides is 1. The van der Waals surface area contributed by atoms with Crippen molar-refractivity contribution in [1.82, 2.24) is 9.80 Å². The van der Waals surface area contributed by atoms with Gasteiger partial charge in [0, 0.05) is 37.2 Å². The minimum Gasteiger partial charge on any atom is -0.379 e. The van der Waals surface area contributed by atoms with E-state index in [4.69, 9.17) is 9.47 Å². The Balaban J connectivity index is 1.63. The summed E-state index contributed by atoms with van der Waals surface area (Å²) in [6.45, 7) is 4.82. The Morgan fingerprint density at radius 2 is 2.33 bits per heavy atom. The summed E-state index contributed by atoms with van der Waals surface area (Å²) in [6, 6.07) is 0. The van der Waals surface area contributed by atoms with Gasteiger partial charge in [-0.2, -0.15) is 0 Å². The molecule has 0 aromatic carbocycles. The van der Waals surface area contributed by atoms with Gasteiger partial charge in [0.1, 0.15) is 0 Å². The summed E-state index contributed by atoms with van der Waals surface area (Å²) in [7, 11) is 4.12. The molecule has 5 nitrogen and oxygen atoms in total. The van der Waals surface area contributed by atoms with Gasteiger partial charge < -0.3 is 19.3 Å². The third-order valence-corrected chi connectivity index (χ3v) is 5.66. The van der Waals surface area contributed by atoms with Crippen LogP contribution in [0.25, 0.3) is 0 Å². The van der Waals surface area contributed by atoms with Gasteiger partial charge in [-0.25, -0.2) is 0 Å². The van der Waals surface area contributed by atoms with E-state index in [1.165, 1.54) is 0 Å². The number of ether oxygens (including phenoxy) is 2. The van der Waals surface area contributed by atoms with E-state index in [9.17, 15) is 4.79 Å². The second-order valence-electron chi connectivity index (χ2n) is 7.82. The highest BCUT2D eigenvalue weighted by atomic mass is 16.5. The maximum atomic E-state index is 12.8. The van der Waals surface area contributed by atoms with Gasteiger partial charge in [0.2, 0.25) is 5.91 Å². The summed E-state index contributed by atoms with van der Waals surface area (Å²) < 4.78 is 12.1. The zero-order valence-corrected chi connectivity index (χ0v) is 15.3. The van der Waals surface area contributed by atoms with Crippen LogP contribution in [-0.4, -0.2) is 75.4 Å². The van der Waals surface area contributed by atoms with Gasteiger partial charge in [0.05, 0.1) is 19.3 Å². The summed E-state index contributed by atoms with van der Waals surface area (Å²) >= 11 is 0. The van der Waals surface area contributed by atoms with Gasteiger partial charge in [0.15, 0.2) is 0 Å². The molecule has 0 spiro atoms. The molecule has 5 heteroatoms. The molecule has 3 aliphatic rings. The summed E-state index contributed by atoms with van der Waals surface area (Å²) in [5, 5.41) is 0. The lowest BCUT2D eigenvalue weighted by molar-refractivity contribution is -0.162. The number of carbonyl (C=O) groups excluding carboxylic acids is 1. The summed E-state index contributed by atoms with van der Waals surface area (Å²) in [5.74, 6) is 0.254. The largest absolute Gasteiger partial charge is 0.379 e. The highest BCUT2D eigenvalue weighted by molar-refractivity contribution is 5.93.